The number of carbonyl (C=O) groups excluding carboxylic acids is 4. The number of methoxy groups -OCH3 is 4. The van der Waals surface area contributed by atoms with Crippen LogP contribution in [-0.4, -0.2) is 287 Å². The molecular formula is C99H146N2O30. The predicted molar refractivity (Wildman–Crippen MR) is 474 cm³/mol. The van der Waals surface area contributed by atoms with E-state index in [1.807, 2.05) is 78.0 Å². The molecule has 2 spiro atoms. The Morgan fingerprint density at radius 1 is 0.473 bits per heavy atom. The molecule has 40 atom stereocenters. The summed E-state index contributed by atoms with van der Waals surface area (Å²) in [5, 5.41) is 53.9. The maximum atomic E-state index is 14.6. The van der Waals surface area contributed by atoms with Gasteiger partial charge in [-0.05, 0) is 126 Å². The van der Waals surface area contributed by atoms with E-state index >= 15 is 0 Å². The van der Waals surface area contributed by atoms with Crippen molar-refractivity contribution in [2.24, 2.45) is 47.3 Å². The maximum Gasteiger partial charge on any atom is 0.410 e. The van der Waals surface area contributed by atoms with Crippen molar-refractivity contribution in [2.75, 3.05) is 48.4 Å². The number of nitrogens with one attached hydrogen (secondary N) is 2. The second-order valence-electron chi connectivity index (χ2n) is 39.3. The van der Waals surface area contributed by atoms with E-state index in [-0.39, 0.29) is 99.5 Å². The fraction of sp³-hybridized carbons (Fsp3) is 0.758. The monoisotopic (exact) mass is 1840 g/mol. The van der Waals surface area contributed by atoms with Crippen molar-refractivity contribution in [1.82, 2.24) is 10.6 Å². The summed E-state index contributed by atoms with van der Waals surface area (Å²) in [5.41, 5.74) is -0.161. The van der Waals surface area contributed by atoms with Crippen LogP contribution in [0.5, 0.6) is 0 Å². The van der Waals surface area contributed by atoms with Gasteiger partial charge in [0.05, 0.1) is 111 Å². The first kappa shape index (κ1) is 101. The zero-order chi connectivity index (χ0) is 94.0. The van der Waals surface area contributed by atoms with Crippen LogP contribution in [0.25, 0.3) is 0 Å². The van der Waals surface area contributed by atoms with Crippen molar-refractivity contribution in [3.63, 3.8) is 0 Å². The van der Waals surface area contributed by atoms with E-state index < -0.39 is 225 Å². The molecule has 12 aliphatic heterocycles. The van der Waals surface area contributed by atoms with E-state index in [4.69, 9.17) is 104 Å². The Balaban J connectivity index is 0.560. The maximum absolute atomic E-state index is 14.6. The Morgan fingerprint density at radius 3 is 1.21 bits per heavy atom. The van der Waals surface area contributed by atoms with Gasteiger partial charge in [0, 0.05) is 103 Å². The molecule has 0 aromatic rings. The van der Waals surface area contributed by atoms with Crippen LogP contribution in [0.15, 0.2) is 119 Å². The normalized spacial score (nSPS) is 47.1. The molecule has 32 nitrogen and oxygen atoms in total. The summed E-state index contributed by atoms with van der Waals surface area (Å²) in [5.74, 6) is -5.86. The second kappa shape index (κ2) is 42.9. The lowest BCUT2D eigenvalue weighted by molar-refractivity contribution is -0.311. The van der Waals surface area contributed by atoms with Gasteiger partial charge >= 0.3 is 24.1 Å². The number of aliphatic hydroxyl groups is 4. The lowest BCUT2D eigenvalue weighted by Crippen LogP contribution is -2.59. The minimum absolute atomic E-state index is 0.0220. The number of ether oxygens (including phenoxy) is 22. The van der Waals surface area contributed by atoms with Crippen LogP contribution in [0.3, 0.4) is 0 Å². The standard InChI is InChI=1S/C99H146N2O30/c1-21-50(3)86-56(9)33-35-96(130-86)45-68-39-66(128-96)31-29-54(7)84(52(5)25-23-27-64-47-114-90-82(102)58(11)37-70(92(104)122-68)98(64,90)108)124-78-43-74(112-19)88(62(15)120-78)126-76-41-72(110-17)80(60(13)118-76)100-94(106)116-49-117-95(107)101-81-61(14)119-77(42-73(81)111-18)127-89-63(16)121-79(44-75(89)113-20)125-85-53(6)26-24-28-65-48-115-91-83(103)59(12)38-71(99(65,91)109)93(105)123-69-40-67(32-30-55(85)8)129-97(46-69)36-34-57(10)87(131-97)51(4)22-2/h23-30,33-38,50-53,56-57,60-63,66-91,102-103,108-109H,21-22,31-32,39-49H2,1-20H3,(H,100,106)(H,101,107)/b25-23+,26-24+,54-29+,55-30+,64-27+,65-28+/t50?,51?,52-,53-,56-,57-,60-,61-,62-,63-,66+,67+,68-,69-,70-,71-,72-,73-,74-,75-,76-,77-,78-,79-,80+,81+,82+,83+,84-,85-,86+,87+,88-,89-,90+,91+,96+,97+,98+,99+/m0/s1. The molecule has 0 saturated carbocycles. The van der Waals surface area contributed by atoms with E-state index in [9.17, 15) is 39.6 Å². The zero-order valence-corrected chi connectivity index (χ0v) is 79.9. The number of aliphatic hydroxyl groups excluding tert-OH is 2. The summed E-state index contributed by atoms with van der Waals surface area (Å²) in [6.45, 7) is 30.9. The molecule has 732 valence electrons. The Morgan fingerprint density at radius 2 is 0.840 bits per heavy atom. The molecule has 4 bridgehead atoms. The number of rotatable bonds is 20. The van der Waals surface area contributed by atoms with Crippen LogP contribution in [0.2, 0.25) is 0 Å². The average molecular weight is 1840 g/mol. The molecule has 14 rings (SSSR count). The van der Waals surface area contributed by atoms with E-state index in [1.54, 1.807) is 66.2 Å². The van der Waals surface area contributed by atoms with E-state index in [0.29, 0.717) is 48.0 Å². The third kappa shape index (κ3) is 21.9. The number of allylic oxidation sites excluding steroid dienone is 4. The number of carbonyl (C=O) groups is 4. The van der Waals surface area contributed by atoms with Crippen molar-refractivity contribution < 1.29 is 144 Å². The van der Waals surface area contributed by atoms with Gasteiger partial charge in [-0.1, -0.05) is 141 Å². The Labute approximate surface area is 771 Å². The summed E-state index contributed by atoms with van der Waals surface area (Å²) in [4.78, 5) is 56.3. The summed E-state index contributed by atoms with van der Waals surface area (Å²) < 4.78 is 142. The molecule has 6 N–H and O–H groups in total. The van der Waals surface area contributed by atoms with Gasteiger partial charge in [-0.2, -0.15) is 0 Å². The highest BCUT2D eigenvalue weighted by molar-refractivity contribution is 5.79. The molecule has 131 heavy (non-hydrogen) atoms. The van der Waals surface area contributed by atoms with E-state index in [1.165, 1.54) is 14.2 Å². The highest BCUT2D eigenvalue weighted by Gasteiger charge is 2.63. The summed E-state index contributed by atoms with van der Waals surface area (Å²) >= 11 is 0. The number of alkyl carbamates (subject to hydrolysis) is 2. The molecule has 2 aliphatic carbocycles. The fourth-order valence-electron chi connectivity index (χ4n) is 22.1. The van der Waals surface area contributed by atoms with Gasteiger partial charge in [0.25, 0.3) is 0 Å². The average Bonchev–Trinajstić information content (AvgIpc) is 1.65. The Hall–Kier alpha value is -6.00. The molecule has 2 amide bonds. The van der Waals surface area contributed by atoms with Crippen LogP contribution in [0, 0.1) is 47.3 Å². The van der Waals surface area contributed by atoms with Gasteiger partial charge in [0.2, 0.25) is 6.79 Å². The smallest absolute Gasteiger partial charge is 0.410 e. The van der Waals surface area contributed by atoms with Gasteiger partial charge < -0.3 is 135 Å². The molecule has 0 radical (unpaired) electrons. The van der Waals surface area contributed by atoms with Crippen LogP contribution in [-0.2, 0) is 114 Å². The lowest BCUT2D eigenvalue weighted by atomic mass is 9.71. The molecule has 0 aromatic carbocycles. The lowest BCUT2D eigenvalue weighted by Gasteiger charge is -2.48. The van der Waals surface area contributed by atoms with Gasteiger partial charge in [-0.3, -0.25) is 9.59 Å². The fourth-order valence-corrected chi connectivity index (χ4v) is 22.1. The van der Waals surface area contributed by atoms with Crippen LogP contribution < -0.4 is 10.6 Å². The molecule has 12 heterocycles. The molecule has 8 saturated heterocycles. The largest absolute Gasteiger partial charge is 0.462 e. The van der Waals surface area contributed by atoms with E-state index in [0.717, 1.165) is 24.0 Å². The molecular weight excluding hydrogens is 1700 g/mol. The highest BCUT2D eigenvalue weighted by atomic mass is 16.8. The van der Waals surface area contributed by atoms with Gasteiger partial charge in [0.1, 0.15) is 71.9 Å². The van der Waals surface area contributed by atoms with E-state index in [2.05, 4.69) is 76.5 Å². The third-order valence-corrected chi connectivity index (χ3v) is 30.0. The molecule has 14 aliphatic rings. The van der Waals surface area contributed by atoms with Crippen LogP contribution in [0.1, 0.15) is 188 Å². The van der Waals surface area contributed by atoms with Gasteiger partial charge in [0.15, 0.2) is 36.7 Å². The second-order valence-corrected chi connectivity index (χ2v) is 39.3. The van der Waals surface area contributed by atoms with Gasteiger partial charge in [-0.15, -0.1) is 0 Å². The van der Waals surface area contributed by atoms with Crippen LogP contribution in [0.4, 0.5) is 9.59 Å². The molecule has 8 fully saturated rings. The van der Waals surface area contributed by atoms with Crippen molar-refractivity contribution >= 4 is 24.1 Å². The summed E-state index contributed by atoms with van der Waals surface area (Å²) in [6.07, 6.45) is 12.1. The minimum atomic E-state index is -1.91. The number of fused-ring (bicyclic) bond motifs is 4. The highest BCUT2D eigenvalue weighted by Crippen LogP contribution is 2.51. The Bertz CT molecular complexity index is 4010. The van der Waals surface area contributed by atoms with Crippen LogP contribution >= 0.6 is 0 Å². The molecule has 0 aromatic heterocycles. The summed E-state index contributed by atoms with van der Waals surface area (Å²) in [7, 11) is 6.26. The van der Waals surface area contributed by atoms with Crippen molar-refractivity contribution in [1.29, 1.82) is 0 Å². The topological polar surface area (TPSA) is 376 Å². The van der Waals surface area contributed by atoms with Crippen molar-refractivity contribution in [3.05, 3.63) is 119 Å². The third-order valence-electron chi connectivity index (χ3n) is 30.0. The number of esters is 2. The molecule has 2 unspecified atom stereocenters. The first-order chi connectivity index (χ1) is 62.4. The van der Waals surface area contributed by atoms with Gasteiger partial charge in [-0.25, -0.2) is 9.59 Å². The van der Waals surface area contributed by atoms with Crippen molar-refractivity contribution in [3.8, 4) is 0 Å². The van der Waals surface area contributed by atoms with Crippen molar-refractivity contribution in [2.45, 2.75) is 382 Å². The number of hydrogen-bond acceptors (Lipinski definition) is 30. The summed E-state index contributed by atoms with van der Waals surface area (Å²) in [6, 6.07) is -1.46. The number of amides is 2. The SMILES string of the molecule is CCC(C)[C@H]1O[C@]2(C=C[C@@H]1C)C[C@@H]1C[C@@H](C/C=C(\C)[C@@H](O[C@H]3C[C@H](OC)[C@@H](O[C@H]4C[C@H](OC)[C@H](NC(=O)OCOC(=O)N[C@@H]5[C@H](C)O[C@@H](O[C@H]6[C@H](C)O[C@@H](O[C@@H]7/C(C)=C/C[C@@H]8C[C@@H](C[C@]9(C=C[C@H](C)[C@@H](C(C)CC)O9)O8)OC(=O)[C@@H]8C=C(C)[C@@H](O)[C@H]9OC/C(=C\C=C\[C@@H]7C)[C@]98O)C[C@@H]6OC)C[C@@H]5OC)[C@H](C)O4)[C@H](C)O3)[C@@H](C)/C=C/C=C3\CO[C@@H]4[C@H](O)C(C)=C[C@@H](C(=O)O1)[C@]34O)O2. The predicted octanol–water partition coefficient (Wildman–Crippen LogP) is 11.2. The minimum Gasteiger partial charge on any atom is -0.462 e. The molecule has 32 heteroatoms. The first-order valence-electron chi connectivity index (χ1n) is 47.7. The quantitative estimate of drug-likeness (QED) is 0.0285. The zero-order valence-electron chi connectivity index (χ0n) is 79.9. The Kier molecular flexibility index (Phi) is 33.1. The number of hydrogen-bond donors (Lipinski definition) is 6. The first-order valence-corrected chi connectivity index (χ1v) is 47.7.